The molecule has 0 amide bonds. The molecule has 0 radical (unpaired) electrons. The summed E-state index contributed by atoms with van der Waals surface area (Å²) >= 11 is 0. The van der Waals surface area contributed by atoms with E-state index in [9.17, 15) is 14.4 Å². The maximum absolute atomic E-state index is 12.9. The molecule has 1 saturated heterocycles. The van der Waals surface area contributed by atoms with Gasteiger partial charge in [0.2, 0.25) is 0 Å². The highest BCUT2D eigenvalue weighted by atomic mass is 16.6. The van der Waals surface area contributed by atoms with Gasteiger partial charge in [-0.05, 0) is 62.4 Å². The number of aromatic nitrogens is 1. The lowest BCUT2D eigenvalue weighted by atomic mass is 10.1. The Balaban J connectivity index is 1.35. The second kappa shape index (κ2) is 11.1. The summed E-state index contributed by atoms with van der Waals surface area (Å²) in [7, 11) is 1.34. The van der Waals surface area contributed by atoms with E-state index in [1.54, 1.807) is 42.5 Å². The van der Waals surface area contributed by atoms with E-state index in [0.717, 1.165) is 27.7 Å². The fraction of sp³-hybridized carbons (Fsp3) is 0.258. The second-order valence-corrected chi connectivity index (χ2v) is 9.69. The number of hydrogen-bond donors (Lipinski definition) is 1. The Morgan fingerprint density at radius 1 is 0.821 bits per heavy atom. The SMILES string of the molecule is COC(=O)c1ccc2[nH]c([C@@H]3C[C@H](OC(=O)c4ccc(C)cc4)[C@@H](COC(=O)c4ccc(C)cc4)O3)cc2c1. The van der Waals surface area contributed by atoms with E-state index >= 15 is 0 Å². The maximum Gasteiger partial charge on any atom is 0.338 e. The number of aryl methyl sites for hydroxylation is 2. The van der Waals surface area contributed by atoms with Gasteiger partial charge in [-0.2, -0.15) is 0 Å². The second-order valence-electron chi connectivity index (χ2n) is 9.69. The van der Waals surface area contributed by atoms with Crippen LogP contribution < -0.4 is 0 Å². The van der Waals surface area contributed by atoms with E-state index in [2.05, 4.69) is 4.98 Å². The molecule has 4 aromatic rings. The van der Waals surface area contributed by atoms with Crippen molar-refractivity contribution in [3.63, 3.8) is 0 Å². The fourth-order valence-corrected chi connectivity index (χ4v) is 4.59. The Kier molecular flexibility index (Phi) is 7.47. The molecule has 0 aliphatic carbocycles. The lowest BCUT2D eigenvalue weighted by Gasteiger charge is -2.19. The number of esters is 3. The first-order valence-corrected chi connectivity index (χ1v) is 12.7. The summed E-state index contributed by atoms with van der Waals surface area (Å²) in [5.74, 6) is -1.37. The number of aromatic amines is 1. The van der Waals surface area contributed by atoms with Gasteiger partial charge in [0.1, 0.15) is 24.9 Å². The van der Waals surface area contributed by atoms with Crippen LogP contribution in [-0.2, 0) is 18.9 Å². The summed E-state index contributed by atoms with van der Waals surface area (Å²) in [6, 6.07) is 21.3. The Bertz CT molecular complexity index is 1500. The van der Waals surface area contributed by atoms with Gasteiger partial charge < -0.3 is 23.9 Å². The summed E-state index contributed by atoms with van der Waals surface area (Å²) in [4.78, 5) is 40.8. The molecule has 39 heavy (non-hydrogen) atoms. The number of nitrogens with one attached hydrogen (secondary N) is 1. The molecule has 0 bridgehead atoms. The van der Waals surface area contributed by atoms with Crippen molar-refractivity contribution in [2.24, 2.45) is 0 Å². The molecule has 8 heteroatoms. The molecule has 1 aliphatic heterocycles. The number of rotatable bonds is 7. The van der Waals surface area contributed by atoms with Gasteiger partial charge in [0.25, 0.3) is 0 Å². The lowest BCUT2D eigenvalue weighted by Crippen LogP contribution is -2.32. The largest absolute Gasteiger partial charge is 0.465 e. The minimum Gasteiger partial charge on any atom is -0.465 e. The monoisotopic (exact) mass is 527 g/mol. The molecule has 1 N–H and O–H groups in total. The highest BCUT2D eigenvalue weighted by Crippen LogP contribution is 2.36. The number of ether oxygens (including phenoxy) is 4. The quantitative estimate of drug-likeness (QED) is 0.251. The van der Waals surface area contributed by atoms with Crippen LogP contribution in [0.5, 0.6) is 0 Å². The fourth-order valence-electron chi connectivity index (χ4n) is 4.59. The molecule has 1 fully saturated rings. The van der Waals surface area contributed by atoms with Crippen molar-refractivity contribution in [3.05, 3.63) is 106 Å². The molecular weight excluding hydrogens is 498 g/mol. The highest BCUT2D eigenvalue weighted by molar-refractivity contribution is 5.95. The van der Waals surface area contributed by atoms with Gasteiger partial charge in [-0.25, -0.2) is 14.4 Å². The maximum atomic E-state index is 12.9. The highest BCUT2D eigenvalue weighted by Gasteiger charge is 2.40. The number of carbonyl (C=O) groups excluding carboxylic acids is 3. The average Bonchev–Trinajstić information content (AvgIpc) is 3.55. The molecule has 2 heterocycles. The van der Waals surface area contributed by atoms with E-state index in [4.69, 9.17) is 18.9 Å². The van der Waals surface area contributed by atoms with Crippen LogP contribution in [0.25, 0.3) is 10.9 Å². The minimum atomic E-state index is -0.671. The first kappa shape index (κ1) is 26.2. The first-order valence-electron chi connectivity index (χ1n) is 12.7. The molecule has 3 aromatic carbocycles. The van der Waals surface area contributed by atoms with Crippen LogP contribution in [0, 0.1) is 13.8 Å². The summed E-state index contributed by atoms with van der Waals surface area (Å²) in [6.07, 6.45) is -1.40. The van der Waals surface area contributed by atoms with Crippen molar-refractivity contribution in [2.45, 2.75) is 38.6 Å². The van der Waals surface area contributed by atoms with Crippen molar-refractivity contribution in [1.29, 1.82) is 0 Å². The van der Waals surface area contributed by atoms with Crippen molar-refractivity contribution >= 4 is 28.8 Å². The van der Waals surface area contributed by atoms with Gasteiger partial charge in [-0.15, -0.1) is 0 Å². The van der Waals surface area contributed by atoms with Crippen LogP contribution in [0.1, 0.15) is 60.4 Å². The average molecular weight is 528 g/mol. The smallest absolute Gasteiger partial charge is 0.338 e. The molecular formula is C31H29NO7. The molecule has 0 saturated carbocycles. The summed E-state index contributed by atoms with van der Waals surface area (Å²) in [6.45, 7) is 3.80. The van der Waals surface area contributed by atoms with E-state index in [1.807, 2.05) is 44.2 Å². The van der Waals surface area contributed by atoms with Crippen LogP contribution in [0.3, 0.4) is 0 Å². The zero-order valence-corrected chi connectivity index (χ0v) is 21.9. The number of benzene rings is 3. The summed E-state index contributed by atoms with van der Waals surface area (Å²) < 4.78 is 22.5. The third-order valence-electron chi connectivity index (χ3n) is 6.82. The molecule has 3 atom stereocenters. The van der Waals surface area contributed by atoms with Gasteiger partial charge in [-0.1, -0.05) is 35.4 Å². The topological polar surface area (TPSA) is 104 Å². The first-order chi connectivity index (χ1) is 18.8. The molecule has 200 valence electrons. The normalized spacial score (nSPS) is 18.6. The third kappa shape index (κ3) is 5.86. The van der Waals surface area contributed by atoms with Gasteiger partial charge >= 0.3 is 17.9 Å². The van der Waals surface area contributed by atoms with Crippen LogP contribution in [0.2, 0.25) is 0 Å². The van der Waals surface area contributed by atoms with Crippen molar-refractivity contribution in [2.75, 3.05) is 13.7 Å². The van der Waals surface area contributed by atoms with E-state index in [-0.39, 0.29) is 6.61 Å². The number of methoxy groups -OCH3 is 1. The van der Waals surface area contributed by atoms with Gasteiger partial charge in [0.05, 0.1) is 23.8 Å². The molecule has 1 aliphatic rings. The Hall–Kier alpha value is -4.43. The zero-order chi connectivity index (χ0) is 27.5. The van der Waals surface area contributed by atoms with Crippen LogP contribution in [0.15, 0.2) is 72.8 Å². The van der Waals surface area contributed by atoms with Crippen LogP contribution >= 0.6 is 0 Å². The van der Waals surface area contributed by atoms with Gasteiger partial charge in [0, 0.05) is 23.0 Å². The van der Waals surface area contributed by atoms with Gasteiger partial charge in [0.15, 0.2) is 0 Å². The molecule has 5 rings (SSSR count). The number of hydrogen-bond acceptors (Lipinski definition) is 7. The number of carbonyl (C=O) groups is 3. The molecule has 0 unspecified atom stereocenters. The van der Waals surface area contributed by atoms with Crippen LogP contribution in [0.4, 0.5) is 0 Å². The van der Waals surface area contributed by atoms with E-state index < -0.39 is 36.2 Å². The Labute approximate surface area is 225 Å². The number of H-pyrrole nitrogens is 1. The van der Waals surface area contributed by atoms with Gasteiger partial charge in [-0.3, -0.25) is 0 Å². The lowest BCUT2D eigenvalue weighted by molar-refractivity contribution is -0.0432. The Morgan fingerprint density at radius 2 is 1.44 bits per heavy atom. The molecule has 0 spiro atoms. The molecule has 8 nitrogen and oxygen atoms in total. The van der Waals surface area contributed by atoms with Crippen molar-refractivity contribution in [1.82, 2.24) is 4.98 Å². The summed E-state index contributed by atoms with van der Waals surface area (Å²) in [5.41, 5.74) is 4.95. The van der Waals surface area contributed by atoms with E-state index in [1.165, 1.54) is 7.11 Å². The predicted octanol–water partition coefficient (Wildman–Crippen LogP) is 5.48. The standard InChI is InChI=1S/C31H29NO7/c1-18-4-8-20(9-5-18)30(34)37-17-28-27(39-31(35)21-10-6-19(2)7-11-21)16-26(38-28)25-15-23-14-22(29(33)36-3)12-13-24(23)32-25/h4-15,26-28,32H,16-17H2,1-3H3/t26-,27-,28+/m0/s1. The minimum absolute atomic E-state index is 0.0816. The van der Waals surface area contributed by atoms with E-state index in [0.29, 0.717) is 23.1 Å². The van der Waals surface area contributed by atoms with Crippen LogP contribution in [-0.4, -0.2) is 48.8 Å². The summed E-state index contributed by atoms with van der Waals surface area (Å²) in [5, 5.41) is 0.818. The Morgan fingerprint density at radius 3 is 2.08 bits per heavy atom. The van der Waals surface area contributed by atoms with Crippen molar-refractivity contribution in [3.8, 4) is 0 Å². The zero-order valence-electron chi connectivity index (χ0n) is 21.9. The third-order valence-corrected chi connectivity index (χ3v) is 6.82. The van der Waals surface area contributed by atoms with Crippen molar-refractivity contribution < 1.29 is 33.3 Å². The number of fused-ring (bicyclic) bond motifs is 1. The predicted molar refractivity (Wildman–Crippen MR) is 144 cm³/mol. The molecule has 1 aromatic heterocycles.